The van der Waals surface area contributed by atoms with Gasteiger partial charge in [-0.1, -0.05) is 6.07 Å². The molecule has 0 saturated carbocycles. The molecule has 2 rings (SSSR count). The van der Waals surface area contributed by atoms with Crippen LogP contribution in [0.4, 0.5) is 5.69 Å². The van der Waals surface area contributed by atoms with Gasteiger partial charge in [0, 0.05) is 32.9 Å². The number of hydrogen-bond donors (Lipinski definition) is 1. The van der Waals surface area contributed by atoms with Gasteiger partial charge in [0.2, 0.25) is 5.91 Å². The van der Waals surface area contributed by atoms with Crippen molar-refractivity contribution in [2.75, 3.05) is 72.4 Å². The number of carbonyl (C=O) groups is 2. The Labute approximate surface area is 149 Å². The van der Waals surface area contributed by atoms with E-state index in [1.807, 2.05) is 18.2 Å². The molecular weight excluding hydrogens is 320 g/mol. The number of likely N-dealkylation sites (N-methyl/N-ethyl adjacent to an activating group) is 2. The number of nitrogens with one attached hydrogen (secondary N) is 1. The summed E-state index contributed by atoms with van der Waals surface area (Å²) >= 11 is 0. The predicted molar refractivity (Wildman–Crippen MR) is 97.1 cm³/mol. The summed E-state index contributed by atoms with van der Waals surface area (Å²) in [5.74, 6) is 0.809. The van der Waals surface area contributed by atoms with Gasteiger partial charge in [-0.15, -0.1) is 0 Å². The number of ether oxygens (including phenoxy) is 1. The third kappa shape index (κ3) is 5.35. The van der Waals surface area contributed by atoms with Gasteiger partial charge in [-0.05, 0) is 12.1 Å². The predicted octanol–water partition coefficient (Wildman–Crippen LogP) is -1.05. The summed E-state index contributed by atoms with van der Waals surface area (Å²) in [6, 6.07) is 8.05. The molecule has 1 fully saturated rings. The Morgan fingerprint density at radius 2 is 1.84 bits per heavy atom. The maximum atomic E-state index is 12.3. The van der Waals surface area contributed by atoms with Crippen LogP contribution in [0.1, 0.15) is 0 Å². The molecule has 0 unspecified atom stereocenters. The molecule has 0 aromatic heterocycles. The molecule has 7 nitrogen and oxygen atoms in total. The van der Waals surface area contributed by atoms with Crippen molar-refractivity contribution < 1.29 is 19.2 Å². The minimum absolute atomic E-state index is 0.0139. The molecule has 1 heterocycles. The normalized spacial score (nSPS) is 15.0. The SMILES string of the molecule is COc1cccc(N2CC[NH+](CC(=O)N(C)CC(=O)N(C)C)CC2)c1. The van der Waals surface area contributed by atoms with Crippen LogP contribution in [0.25, 0.3) is 0 Å². The second-order valence-electron chi connectivity index (χ2n) is 6.65. The molecule has 0 atom stereocenters. The first kappa shape index (κ1) is 19.1. The summed E-state index contributed by atoms with van der Waals surface area (Å²) in [6.07, 6.45) is 0. The first-order valence-corrected chi connectivity index (χ1v) is 8.57. The lowest BCUT2D eigenvalue weighted by molar-refractivity contribution is -0.892. The van der Waals surface area contributed by atoms with Gasteiger partial charge in [-0.3, -0.25) is 9.59 Å². The summed E-state index contributed by atoms with van der Waals surface area (Å²) in [7, 11) is 6.76. The van der Waals surface area contributed by atoms with Crippen LogP contribution < -0.4 is 14.5 Å². The quantitative estimate of drug-likeness (QED) is 0.712. The smallest absolute Gasteiger partial charge is 0.277 e. The fraction of sp³-hybridized carbons (Fsp3) is 0.556. The summed E-state index contributed by atoms with van der Waals surface area (Å²) in [5.41, 5.74) is 1.15. The van der Waals surface area contributed by atoms with Crippen molar-refractivity contribution >= 4 is 17.5 Å². The van der Waals surface area contributed by atoms with Crippen molar-refractivity contribution in [2.45, 2.75) is 0 Å². The van der Waals surface area contributed by atoms with Crippen LogP contribution in [0.5, 0.6) is 5.75 Å². The Balaban J connectivity index is 1.81. The Morgan fingerprint density at radius 3 is 2.44 bits per heavy atom. The minimum atomic E-state index is -0.0614. The Morgan fingerprint density at radius 1 is 1.16 bits per heavy atom. The number of anilines is 1. The lowest BCUT2D eigenvalue weighted by Crippen LogP contribution is -3.15. The van der Waals surface area contributed by atoms with Crippen LogP contribution in [0.15, 0.2) is 24.3 Å². The first-order chi connectivity index (χ1) is 11.9. The maximum absolute atomic E-state index is 12.3. The number of piperazine rings is 1. The molecule has 0 radical (unpaired) electrons. The lowest BCUT2D eigenvalue weighted by Gasteiger charge is -2.34. The van der Waals surface area contributed by atoms with Gasteiger partial charge in [0.15, 0.2) is 6.54 Å². The van der Waals surface area contributed by atoms with Gasteiger partial charge >= 0.3 is 0 Å². The molecule has 0 spiro atoms. The Hall–Kier alpha value is -2.28. The Bertz CT molecular complexity index is 598. The minimum Gasteiger partial charge on any atom is -0.497 e. The van der Waals surface area contributed by atoms with E-state index < -0.39 is 0 Å². The molecule has 1 aromatic carbocycles. The average molecular weight is 349 g/mol. The number of rotatable bonds is 6. The van der Waals surface area contributed by atoms with Crippen LogP contribution in [-0.4, -0.2) is 89.1 Å². The van der Waals surface area contributed by atoms with Crippen LogP contribution in [-0.2, 0) is 9.59 Å². The Kier molecular flexibility index (Phi) is 6.64. The molecule has 1 N–H and O–H groups in total. The molecule has 0 bridgehead atoms. The molecule has 138 valence electrons. The van der Waals surface area contributed by atoms with Crippen LogP contribution in [0.2, 0.25) is 0 Å². The monoisotopic (exact) mass is 349 g/mol. The highest BCUT2D eigenvalue weighted by molar-refractivity contribution is 5.84. The molecule has 1 aromatic rings. The highest BCUT2D eigenvalue weighted by atomic mass is 16.5. The van der Waals surface area contributed by atoms with Crippen molar-refractivity contribution in [3.05, 3.63) is 24.3 Å². The summed E-state index contributed by atoms with van der Waals surface area (Å²) < 4.78 is 5.28. The number of benzene rings is 1. The molecule has 1 saturated heterocycles. The van der Waals surface area contributed by atoms with Crippen molar-refractivity contribution in [3.63, 3.8) is 0 Å². The largest absolute Gasteiger partial charge is 0.497 e. The zero-order valence-corrected chi connectivity index (χ0v) is 15.6. The number of nitrogens with zero attached hydrogens (tertiary/aromatic N) is 3. The highest BCUT2D eigenvalue weighted by Gasteiger charge is 2.24. The van der Waals surface area contributed by atoms with Crippen LogP contribution >= 0.6 is 0 Å². The lowest BCUT2D eigenvalue weighted by atomic mass is 10.2. The standard InChI is InChI=1S/C18H28N4O3/c1-19(2)17(23)13-20(3)18(24)14-21-8-10-22(11-9-21)15-6-5-7-16(12-15)25-4/h5-7,12H,8-11,13-14H2,1-4H3/p+1. The van der Waals surface area contributed by atoms with E-state index in [1.165, 1.54) is 14.7 Å². The average Bonchev–Trinajstić information content (AvgIpc) is 2.62. The number of carbonyl (C=O) groups excluding carboxylic acids is 2. The van der Waals surface area contributed by atoms with Gasteiger partial charge in [-0.25, -0.2) is 0 Å². The topological polar surface area (TPSA) is 57.5 Å². The molecule has 1 aliphatic heterocycles. The van der Waals surface area contributed by atoms with Crippen LogP contribution in [0, 0.1) is 0 Å². The molecule has 7 heteroatoms. The zero-order chi connectivity index (χ0) is 18.4. The van der Waals surface area contributed by atoms with E-state index in [9.17, 15) is 9.59 Å². The van der Waals surface area contributed by atoms with Crippen molar-refractivity contribution in [2.24, 2.45) is 0 Å². The first-order valence-electron chi connectivity index (χ1n) is 8.57. The molecule has 2 amide bonds. The van der Waals surface area contributed by atoms with Crippen molar-refractivity contribution in [1.82, 2.24) is 9.80 Å². The zero-order valence-electron chi connectivity index (χ0n) is 15.6. The van der Waals surface area contributed by atoms with Gasteiger partial charge in [-0.2, -0.15) is 0 Å². The molecule has 25 heavy (non-hydrogen) atoms. The van der Waals surface area contributed by atoms with Gasteiger partial charge in [0.05, 0.1) is 39.8 Å². The maximum Gasteiger partial charge on any atom is 0.277 e. The van der Waals surface area contributed by atoms with E-state index in [1.54, 1.807) is 28.3 Å². The van der Waals surface area contributed by atoms with Crippen LogP contribution in [0.3, 0.4) is 0 Å². The number of amides is 2. The number of methoxy groups -OCH3 is 1. The third-order valence-corrected chi connectivity index (χ3v) is 4.59. The second kappa shape index (κ2) is 8.71. The van der Waals surface area contributed by atoms with Gasteiger partial charge < -0.3 is 24.3 Å². The van der Waals surface area contributed by atoms with E-state index in [2.05, 4.69) is 11.0 Å². The van der Waals surface area contributed by atoms with Crippen molar-refractivity contribution in [1.29, 1.82) is 0 Å². The van der Waals surface area contributed by atoms with E-state index in [0.29, 0.717) is 6.54 Å². The van der Waals surface area contributed by atoms with E-state index in [0.717, 1.165) is 37.6 Å². The number of quaternary nitrogens is 1. The second-order valence-corrected chi connectivity index (χ2v) is 6.65. The van der Waals surface area contributed by atoms with Gasteiger partial charge in [0.25, 0.3) is 5.91 Å². The van der Waals surface area contributed by atoms with E-state index in [-0.39, 0.29) is 18.4 Å². The fourth-order valence-electron chi connectivity index (χ4n) is 2.85. The van der Waals surface area contributed by atoms with Gasteiger partial charge in [0.1, 0.15) is 5.75 Å². The summed E-state index contributed by atoms with van der Waals surface area (Å²) in [4.78, 5) is 30.6. The van der Waals surface area contributed by atoms with Crippen molar-refractivity contribution in [3.8, 4) is 5.75 Å². The van der Waals surface area contributed by atoms with E-state index >= 15 is 0 Å². The van der Waals surface area contributed by atoms with E-state index in [4.69, 9.17) is 4.74 Å². The number of hydrogen-bond acceptors (Lipinski definition) is 4. The third-order valence-electron chi connectivity index (χ3n) is 4.59. The molecular formula is C18H29N4O3+. The fourth-order valence-corrected chi connectivity index (χ4v) is 2.85. The highest BCUT2D eigenvalue weighted by Crippen LogP contribution is 2.20. The summed E-state index contributed by atoms with van der Waals surface area (Å²) in [6.45, 7) is 4.17. The summed E-state index contributed by atoms with van der Waals surface area (Å²) in [5, 5.41) is 0. The molecule has 0 aliphatic carbocycles. The molecule has 1 aliphatic rings.